The van der Waals surface area contributed by atoms with Gasteiger partial charge in [0.2, 0.25) is 0 Å². The molecule has 0 nitrogen and oxygen atoms in total. The third-order valence-corrected chi connectivity index (χ3v) is 11.1. The van der Waals surface area contributed by atoms with E-state index < -0.39 is 0 Å². The Morgan fingerprint density at radius 1 is 0.614 bits per heavy atom. The molecule has 0 spiro atoms. The van der Waals surface area contributed by atoms with Crippen LogP contribution < -0.4 is 28.1 Å². The van der Waals surface area contributed by atoms with Crippen molar-refractivity contribution in [1.82, 2.24) is 0 Å². The predicted octanol–water partition coefficient (Wildman–Crippen LogP) is 5.39. The summed E-state index contributed by atoms with van der Waals surface area (Å²) in [6, 6.07) is 26.1. The van der Waals surface area contributed by atoms with Gasteiger partial charge in [-0.25, -0.2) is 0 Å². The monoisotopic (exact) mass is 701 g/mol. The summed E-state index contributed by atoms with van der Waals surface area (Å²) in [6.45, 7) is 23.7. The summed E-state index contributed by atoms with van der Waals surface area (Å²) in [7, 11) is 0. The molecule has 0 heterocycles. The summed E-state index contributed by atoms with van der Waals surface area (Å²) in [5, 5.41) is 0. The van der Waals surface area contributed by atoms with Gasteiger partial charge < -0.3 is 24.8 Å². The van der Waals surface area contributed by atoms with Crippen molar-refractivity contribution in [2.45, 2.75) is 111 Å². The Hall–Kier alpha value is -1.66. The van der Waals surface area contributed by atoms with E-state index in [1.165, 1.54) is 85.9 Å². The quantitative estimate of drug-likeness (QED) is 0.223. The molecule has 0 aromatic heterocycles. The largest absolute Gasteiger partial charge is 1.00 e. The normalized spacial score (nSPS) is 13.8. The molecule has 0 radical (unpaired) electrons. The number of hydrogen-bond acceptors (Lipinski definition) is 0. The van der Waals surface area contributed by atoms with E-state index in [1.54, 1.807) is 8.83 Å². The first kappa shape index (κ1) is 36.8. The van der Waals surface area contributed by atoms with Crippen LogP contribution in [0, 0.1) is 0 Å². The minimum atomic E-state index is 0. The zero-order valence-corrected chi connectivity index (χ0v) is 32.4. The van der Waals surface area contributed by atoms with Crippen molar-refractivity contribution >= 4 is 3.27 Å². The molecule has 4 aromatic rings. The summed E-state index contributed by atoms with van der Waals surface area (Å²) in [5.41, 5.74) is 17.7. The van der Waals surface area contributed by atoms with Gasteiger partial charge >= 0.3 is 273 Å². The standard InChI is InChI=1S/C41H49.2ClH.Zr/c1-11-26(3)30-17-13-15-19-32(30)36-22-28-21-29-23-37(33-20-16-14-18-31(33)27(4)12-2)39(41(8,9)10)25-35(29)34(28)24-38(36)40(5,6)7;;;/h13-20,22,24-27H,11-12,21H2,1-10H3;2*1H;/q;;;+2/p-2. The Bertz CT molecular complexity index is 1630. The number of fused-ring (bicyclic) bond motifs is 3. The average Bonchev–Trinajstić information content (AvgIpc) is 3.33. The Kier molecular flexibility index (Phi) is 11.7. The van der Waals surface area contributed by atoms with Crippen LogP contribution in [0.4, 0.5) is 0 Å². The first-order valence-electron chi connectivity index (χ1n) is 16.1. The number of benzene rings is 4. The summed E-state index contributed by atoms with van der Waals surface area (Å²) >= 11 is 1.51. The molecule has 0 fully saturated rings. The fraction of sp³-hybridized carbons (Fsp3) is 0.415. The Balaban J connectivity index is 0.00000264. The van der Waals surface area contributed by atoms with Crippen LogP contribution in [0.25, 0.3) is 33.4 Å². The van der Waals surface area contributed by atoms with Crippen LogP contribution in [-0.2, 0) is 42.0 Å². The Labute approximate surface area is 295 Å². The first-order chi connectivity index (χ1) is 19.8. The minimum absolute atomic E-state index is 0. The van der Waals surface area contributed by atoms with Gasteiger partial charge in [0.1, 0.15) is 0 Å². The van der Waals surface area contributed by atoms with Crippen molar-refractivity contribution in [2.24, 2.45) is 0 Å². The number of hydrogen-bond donors (Lipinski definition) is 0. The average molecular weight is 704 g/mol. The van der Waals surface area contributed by atoms with Gasteiger partial charge in [0.05, 0.1) is 0 Å². The number of halogens is 2. The van der Waals surface area contributed by atoms with Crippen LogP contribution in [0.5, 0.6) is 0 Å². The molecule has 0 amide bonds. The summed E-state index contributed by atoms with van der Waals surface area (Å²) < 4.78 is 1.55. The molecule has 0 N–H and O–H groups in total. The van der Waals surface area contributed by atoms with Crippen molar-refractivity contribution in [1.29, 1.82) is 0 Å². The molecule has 3 heteroatoms. The van der Waals surface area contributed by atoms with E-state index in [4.69, 9.17) is 0 Å². The van der Waals surface area contributed by atoms with Crippen LogP contribution in [0.15, 0.2) is 66.7 Å². The fourth-order valence-corrected chi connectivity index (χ4v) is 8.07. The van der Waals surface area contributed by atoms with Gasteiger partial charge in [0.15, 0.2) is 0 Å². The van der Waals surface area contributed by atoms with E-state index in [0.29, 0.717) is 11.8 Å². The van der Waals surface area contributed by atoms with Gasteiger partial charge in [0.25, 0.3) is 0 Å². The molecule has 1 aliphatic rings. The van der Waals surface area contributed by atoms with Crippen LogP contribution in [0.1, 0.15) is 127 Å². The van der Waals surface area contributed by atoms with Gasteiger partial charge in [0, 0.05) is 0 Å². The molecule has 2 unspecified atom stereocenters. The zero-order valence-electron chi connectivity index (χ0n) is 28.4. The maximum absolute atomic E-state index is 2.58. The molecule has 0 saturated carbocycles. The number of rotatable bonds is 6. The molecule has 4 aromatic carbocycles. The second kappa shape index (κ2) is 14.0. The minimum Gasteiger partial charge on any atom is -1.00 e. The molecule has 2 atom stereocenters. The van der Waals surface area contributed by atoms with Gasteiger partial charge in [-0.05, 0) is 0 Å². The third-order valence-electron chi connectivity index (χ3n) is 9.72. The van der Waals surface area contributed by atoms with Crippen molar-refractivity contribution in [3.05, 3.63) is 100 Å². The van der Waals surface area contributed by atoms with Crippen LogP contribution in [0.3, 0.4) is 0 Å². The molecule has 44 heavy (non-hydrogen) atoms. The van der Waals surface area contributed by atoms with Crippen molar-refractivity contribution in [3.8, 4) is 33.4 Å². The third kappa shape index (κ3) is 6.73. The van der Waals surface area contributed by atoms with Gasteiger partial charge in [-0.1, -0.05) is 0 Å². The van der Waals surface area contributed by atoms with Crippen molar-refractivity contribution in [2.75, 3.05) is 0 Å². The molecule has 0 bridgehead atoms. The van der Waals surface area contributed by atoms with Gasteiger partial charge in [-0.3, -0.25) is 0 Å². The fourth-order valence-electron chi connectivity index (χ4n) is 6.86. The molecular weight excluding hydrogens is 655 g/mol. The van der Waals surface area contributed by atoms with Crippen LogP contribution >= 0.6 is 0 Å². The Morgan fingerprint density at radius 2 is 1.09 bits per heavy atom. The van der Waals surface area contributed by atoms with E-state index in [2.05, 4.69) is 136 Å². The van der Waals surface area contributed by atoms with E-state index in [1.807, 2.05) is 0 Å². The second-order valence-electron chi connectivity index (χ2n) is 14.7. The SMILES string of the molecule is CCC(C)c1ccccc1-c1cc2c(cc1C(C)(C)C)-c1cc(C(C)(C)C)c(-c3ccccc3C(C)CC)[c]([Zr+2])c1C2.[Cl-].[Cl-]. The topological polar surface area (TPSA) is 0 Å². The Morgan fingerprint density at radius 3 is 1.61 bits per heavy atom. The van der Waals surface area contributed by atoms with E-state index in [9.17, 15) is 0 Å². The first-order valence-corrected chi connectivity index (χ1v) is 17.3. The van der Waals surface area contributed by atoms with Crippen molar-refractivity contribution in [3.63, 3.8) is 0 Å². The van der Waals surface area contributed by atoms with Gasteiger partial charge in [-0.15, -0.1) is 0 Å². The van der Waals surface area contributed by atoms with Gasteiger partial charge in [-0.2, -0.15) is 0 Å². The van der Waals surface area contributed by atoms with E-state index in [0.717, 1.165) is 19.3 Å². The maximum Gasteiger partial charge on any atom is -1.00 e. The predicted molar refractivity (Wildman–Crippen MR) is 180 cm³/mol. The van der Waals surface area contributed by atoms with E-state index in [-0.39, 0.29) is 35.6 Å². The van der Waals surface area contributed by atoms with Crippen LogP contribution in [0.2, 0.25) is 0 Å². The smallest absolute Gasteiger partial charge is 1.00 e. The summed E-state index contributed by atoms with van der Waals surface area (Å²) in [4.78, 5) is 0. The summed E-state index contributed by atoms with van der Waals surface area (Å²) in [6.07, 6.45) is 3.33. The van der Waals surface area contributed by atoms with Crippen molar-refractivity contribution < 1.29 is 49.5 Å². The maximum atomic E-state index is 2.58. The molecule has 231 valence electrons. The summed E-state index contributed by atoms with van der Waals surface area (Å²) in [5.74, 6) is 1.07. The molecule has 0 saturated heterocycles. The second-order valence-corrected chi connectivity index (χ2v) is 16.0. The molecule has 0 aliphatic heterocycles. The molecular formula is C41H49Cl2Zr. The molecule has 5 rings (SSSR count). The van der Waals surface area contributed by atoms with Crippen LogP contribution in [-0.4, -0.2) is 0 Å². The molecule has 1 aliphatic carbocycles. The van der Waals surface area contributed by atoms with E-state index >= 15 is 0 Å². The zero-order chi connectivity index (χ0) is 30.6.